The molecule has 2 aromatic heterocycles. The molecule has 2 heterocycles. The lowest BCUT2D eigenvalue weighted by atomic mass is 10.0. The minimum atomic E-state index is 0.486. The van der Waals surface area contributed by atoms with Gasteiger partial charge in [-0.2, -0.15) is 5.26 Å². The Morgan fingerprint density at radius 2 is 2.00 bits per heavy atom. The van der Waals surface area contributed by atoms with Crippen molar-refractivity contribution in [1.29, 1.82) is 5.26 Å². The first-order valence-corrected chi connectivity index (χ1v) is 8.93. The van der Waals surface area contributed by atoms with Gasteiger partial charge in [0.05, 0.1) is 18.8 Å². The summed E-state index contributed by atoms with van der Waals surface area (Å²) in [6, 6.07) is 12.0. The smallest absolute Gasteiger partial charge is 0.176 e. The van der Waals surface area contributed by atoms with E-state index in [1.165, 1.54) is 25.7 Å². The van der Waals surface area contributed by atoms with E-state index in [0.717, 1.165) is 33.6 Å². The van der Waals surface area contributed by atoms with Gasteiger partial charge in [0.2, 0.25) is 0 Å². The summed E-state index contributed by atoms with van der Waals surface area (Å²) in [6.45, 7) is 0. The number of ether oxygens (including phenoxy) is 1. The first-order chi connectivity index (χ1) is 12.8. The number of fused-ring (bicyclic) bond motifs is 1. The Morgan fingerprint density at radius 1 is 1.23 bits per heavy atom. The molecule has 0 aliphatic heterocycles. The van der Waals surface area contributed by atoms with Crippen molar-refractivity contribution in [2.75, 3.05) is 7.11 Å². The number of nitriles is 1. The molecule has 1 aliphatic rings. The number of furan rings is 1. The van der Waals surface area contributed by atoms with Crippen molar-refractivity contribution in [2.45, 2.75) is 31.6 Å². The number of methoxy groups -OCH3 is 1. The van der Waals surface area contributed by atoms with Gasteiger partial charge in [-0.05, 0) is 54.3 Å². The molecule has 1 aliphatic carbocycles. The molecule has 4 nitrogen and oxygen atoms in total. The van der Waals surface area contributed by atoms with Gasteiger partial charge in [-0.25, -0.2) is 0 Å². The second-order valence-corrected chi connectivity index (χ2v) is 6.64. The SMILES string of the molecule is COc1ccc(C=C(C#N)c2ccncc2)c2cc(C3CCCC3)oc12. The number of allylic oxidation sites excluding steroid dienone is 1. The van der Waals surface area contributed by atoms with Gasteiger partial charge >= 0.3 is 0 Å². The number of nitrogens with zero attached hydrogens (tertiary/aromatic N) is 2. The fraction of sp³-hybridized carbons (Fsp3) is 0.273. The molecular formula is C22H20N2O2. The lowest BCUT2D eigenvalue weighted by Crippen LogP contribution is -1.87. The monoisotopic (exact) mass is 344 g/mol. The van der Waals surface area contributed by atoms with Crippen LogP contribution in [0.4, 0.5) is 0 Å². The summed E-state index contributed by atoms with van der Waals surface area (Å²) >= 11 is 0. The number of rotatable bonds is 4. The molecule has 0 amide bonds. The van der Waals surface area contributed by atoms with Crippen LogP contribution in [0.15, 0.2) is 47.1 Å². The van der Waals surface area contributed by atoms with Gasteiger partial charge in [0.15, 0.2) is 11.3 Å². The predicted octanol–water partition coefficient (Wildman–Crippen LogP) is 5.56. The summed E-state index contributed by atoms with van der Waals surface area (Å²) in [7, 11) is 1.65. The highest BCUT2D eigenvalue weighted by Gasteiger charge is 2.22. The van der Waals surface area contributed by atoms with E-state index in [2.05, 4.69) is 17.1 Å². The first-order valence-electron chi connectivity index (χ1n) is 8.93. The van der Waals surface area contributed by atoms with Crippen LogP contribution in [0.2, 0.25) is 0 Å². The summed E-state index contributed by atoms with van der Waals surface area (Å²) in [6.07, 6.45) is 10.2. The molecule has 0 saturated heterocycles. The molecule has 0 spiro atoms. The average molecular weight is 344 g/mol. The van der Waals surface area contributed by atoms with Gasteiger partial charge in [-0.15, -0.1) is 0 Å². The average Bonchev–Trinajstić information content (AvgIpc) is 3.36. The maximum absolute atomic E-state index is 9.60. The highest BCUT2D eigenvalue weighted by molar-refractivity contribution is 5.98. The molecule has 1 saturated carbocycles. The van der Waals surface area contributed by atoms with E-state index in [4.69, 9.17) is 9.15 Å². The Labute approximate surface area is 152 Å². The topological polar surface area (TPSA) is 59.0 Å². The third-order valence-electron chi connectivity index (χ3n) is 5.09. The normalized spacial score (nSPS) is 15.3. The van der Waals surface area contributed by atoms with Crippen LogP contribution in [0.1, 0.15) is 48.5 Å². The molecule has 1 fully saturated rings. The van der Waals surface area contributed by atoms with Crippen LogP contribution < -0.4 is 4.74 Å². The van der Waals surface area contributed by atoms with Crippen LogP contribution in [-0.4, -0.2) is 12.1 Å². The predicted molar refractivity (Wildman–Crippen MR) is 102 cm³/mol. The first kappa shape index (κ1) is 16.4. The molecule has 0 bridgehead atoms. The van der Waals surface area contributed by atoms with Gasteiger partial charge < -0.3 is 9.15 Å². The largest absolute Gasteiger partial charge is 0.493 e. The second-order valence-electron chi connectivity index (χ2n) is 6.64. The van der Waals surface area contributed by atoms with Crippen molar-refractivity contribution in [1.82, 2.24) is 4.98 Å². The van der Waals surface area contributed by atoms with Crippen molar-refractivity contribution >= 4 is 22.6 Å². The molecule has 4 rings (SSSR count). The van der Waals surface area contributed by atoms with Crippen molar-refractivity contribution in [2.24, 2.45) is 0 Å². The molecule has 130 valence electrons. The number of hydrogen-bond acceptors (Lipinski definition) is 4. The molecule has 0 atom stereocenters. The van der Waals surface area contributed by atoms with Gasteiger partial charge in [0, 0.05) is 23.7 Å². The van der Waals surface area contributed by atoms with E-state index >= 15 is 0 Å². The summed E-state index contributed by atoms with van der Waals surface area (Å²) in [5.41, 5.74) is 3.17. The second kappa shape index (κ2) is 7.05. The summed E-state index contributed by atoms with van der Waals surface area (Å²) in [5.74, 6) is 2.24. The molecule has 4 heteroatoms. The van der Waals surface area contributed by atoms with E-state index in [1.54, 1.807) is 19.5 Å². The molecule has 1 aromatic carbocycles. The summed E-state index contributed by atoms with van der Waals surface area (Å²) < 4.78 is 11.7. The fourth-order valence-electron chi connectivity index (χ4n) is 3.70. The van der Waals surface area contributed by atoms with Crippen LogP contribution in [0.3, 0.4) is 0 Å². The van der Waals surface area contributed by atoms with Crippen LogP contribution in [-0.2, 0) is 0 Å². The molecule has 3 aromatic rings. The zero-order chi connectivity index (χ0) is 17.9. The van der Waals surface area contributed by atoms with Gasteiger partial charge in [-0.1, -0.05) is 18.9 Å². The number of aromatic nitrogens is 1. The molecule has 0 unspecified atom stereocenters. The van der Waals surface area contributed by atoms with Crippen molar-refractivity contribution in [3.05, 3.63) is 59.6 Å². The lowest BCUT2D eigenvalue weighted by Gasteiger charge is -2.04. The van der Waals surface area contributed by atoms with Crippen molar-refractivity contribution in [3.63, 3.8) is 0 Å². The van der Waals surface area contributed by atoms with Gasteiger partial charge in [0.25, 0.3) is 0 Å². The fourth-order valence-corrected chi connectivity index (χ4v) is 3.70. The van der Waals surface area contributed by atoms with Gasteiger partial charge in [-0.3, -0.25) is 4.98 Å². The molecule has 26 heavy (non-hydrogen) atoms. The Bertz CT molecular complexity index is 990. The quantitative estimate of drug-likeness (QED) is 0.582. The third kappa shape index (κ3) is 2.97. The highest BCUT2D eigenvalue weighted by Crippen LogP contribution is 2.40. The van der Waals surface area contributed by atoms with E-state index in [1.807, 2.05) is 30.3 Å². The van der Waals surface area contributed by atoms with E-state index < -0.39 is 0 Å². The Kier molecular flexibility index (Phi) is 4.45. The van der Waals surface area contributed by atoms with E-state index in [-0.39, 0.29) is 0 Å². The van der Waals surface area contributed by atoms with E-state index in [9.17, 15) is 5.26 Å². The molecular weight excluding hydrogens is 324 g/mol. The lowest BCUT2D eigenvalue weighted by molar-refractivity contribution is 0.404. The van der Waals surface area contributed by atoms with Gasteiger partial charge in [0.1, 0.15) is 5.76 Å². The van der Waals surface area contributed by atoms with Crippen molar-refractivity contribution < 1.29 is 9.15 Å². The minimum Gasteiger partial charge on any atom is -0.493 e. The Morgan fingerprint density at radius 3 is 2.69 bits per heavy atom. The van der Waals surface area contributed by atoms with Crippen LogP contribution in [0, 0.1) is 11.3 Å². The van der Waals surface area contributed by atoms with E-state index in [0.29, 0.717) is 11.5 Å². The number of hydrogen-bond donors (Lipinski definition) is 0. The van der Waals surface area contributed by atoms with Crippen LogP contribution >= 0.6 is 0 Å². The standard InChI is InChI=1S/C22H20N2O2/c1-25-20-7-6-17(12-18(14-23)15-8-10-24-11-9-15)19-13-21(26-22(19)20)16-4-2-3-5-16/h6-13,16H,2-5H2,1H3. The molecule has 0 N–H and O–H groups in total. The zero-order valence-electron chi connectivity index (χ0n) is 14.7. The Balaban J connectivity index is 1.84. The van der Waals surface area contributed by atoms with Crippen molar-refractivity contribution in [3.8, 4) is 11.8 Å². The molecule has 0 radical (unpaired) electrons. The minimum absolute atomic E-state index is 0.486. The van der Waals surface area contributed by atoms with Crippen LogP contribution in [0.5, 0.6) is 5.75 Å². The zero-order valence-corrected chi connectivity index (χ0v) is 14.7. The maximum Gasteiger partial charge on any atom is 0.176 e. The summed E-state index contributed by atoms with van der Waals surface area (Å²) in [5, 5.41) is 10.6. The highest BCUT2D eigenvalue weighted by atomic mass is 16.5. The summed E-state index contributed by atoms with van der Waals surface area (Å²) in [4.78, 5) is 4.02. The number of pyridine rings is 1. The maximum atomic E-state index is 9.60. The third-order valence-corrected chi connectivity index (χ3v) is 5.09. The Hall–Kier alpha value is -3.06. The number of benzene rings is 1. The van der Waals surface area contributed by atoms with Crippen LogP contribution in [0.25, 0.3) is 22.6 Å².